The van der Waals surface area contributed by atoms with Crippen LogP contribution in [-0.2, 0) is 0 Å². The van der Waals surface area contributed by atoms with E-state index in [0.29, 0.717) is 22.5 Å². The Morgan fingerprint density at radius 2 is 1.91 bits per heavy atom. The average molecular weight is 312 g/mol. The third-order valence-corrected chi connectivity index (χ3v) is 3.71. The molecule has 2 aromatic carbocycles. The minimum absolute atomic E-state index is 0.0567. The second-order valence-corrected chi connectivity index (χ2v) is 5.11. The lowest BCUT2D eigenvalue weighted by Crippen LogP contribution is -2.16. The van der Waals surface area contributed by atoms with Crippen molar-refractivity contribution in [1.29, 1.82) is 0 Å². The van der Waals surface area contributed by atoms with Gasteiger partial charge in [0.05, 0.1) is 11.0 Å². The number of nitrogens with one attached hydrogen (secondary N) is 1. The smallest absolute Gasteiger partial charge is 0.282 e. The van der Waals surface area contributed by atoms with Crippen LogP contribution in [0.4, 0.5) is 14.6 Å². The average Bonchev–Trinajstić information content (AvgIpc) is 2.86. The summed E-state index contributed by atoms with van der Waals surface area (Å²) in [4.78, 5) is 16.8. The highest BCUT2D eigenvalue weighted by molar-refractivity contribution is 6.07. The molecule has 3 N–H and O–H groups in total. The van der Waals surface area contributed by atoms with Crippen LogP contribution < -0.4 is 11.3 Å². The molecule has 0 saturated carbocycles. The normalized spacial score (nSPS) is 11.4. The lowest BCUT2D eigenvalue weighted by molar-refractivity contribution is 0.573. The summed E-state index contributed by atoms with van der Waals surface area (Å²) >= 11 is 0. The van der Waals surface area contributed by atoms with E-state index in [9.17, 15) is 13.6 Å². The molecule has 114 valence electrons. The second-order valence-electron chi connectivity index (χ2n) is 5.11. The minimum atomic E-state index is -0.852. The van der Waals surface area contributed by atoms with Crippen molar-refractivity contribution in [3.8, 4) is 5.69 Å². The first-order valence-corrected chi connectivity index (χ1v) is 6.80. The molecular weight excluding hydrogens is 302 g/mol. The number of nitrogen functional groups attached to an aromatic ring is 1. The molecule has 0 amide bonds. The van der Waals surface area contributed by atoms with Gasteiger partial charge in [-0.15, -0.1) is 0 Å². The van der Waals surface area contributed by atoms with E-state index < -0.39 is 17.2 Å². The molecule has 2 heterocycles. The van der Waals surface area contributed by atoms with Crippen LogP contribution in [0.1, 0.15) is 0 Å². The number of pyridine rings is 1. The number of benzene rings is 2. The van der Waals surface area contributed by atoms with Crippen LogP contribution in [0.2, 0.25) is 0 Å². The van der Waals surface area contributed by atoms with Gasteiger partial charge in [-0.1, -0.05) is 18.2 Å². The summed E-state index contributed by atoms with van der Waals surface area (Å²) in [5, 5.41) is 3.71. The predicted molar refractivity (Wildman–Crippen MR) is 83.5 cm³/mol. The van der Waals surface area contributed by atoms with E-state index in [1.165, 1.54) is 6.07 Å². The zero-order valence-electron chi connectivity index (χ0n) is 11.7. The summed E-state index contributed by atoms with van der Waals surface area (Å²) in [5.41, 5.74) is 6.33. The van der Waals surface area contributed by atoms with Gasteiger partial charge in [0.25, 0.3) is 5.56 Å². The maximum atomic E-state index is 14.0. The van der Waals surface area contributed by atoms with E-state index in [1.54, 1.807) is 24.3 Å². The van der Waals surface area contributed by atoms with Gasteiger partial charge in [-0.05, 0) is 18.2 Å². The van der Waals surface area contributed by atoms with Crippen molar-refractivity contribution in [2.24, 2.45) is 0 Å². The summed E-state index contributed by atoms with van der Waals surface area (Å²) in [6, 6.07) is 10.1. The molecule has 4 aromatic rings. The number of nitrogens with two attached hydrogens (primary N) is 1. The molecule has 0 saturated heterocycles. The van der Waals surface area contributed by atoms with Gasteiger partial charge in [-0.25, -0.2) is 18.4 Å². The SMILES string of the molecule is Nc1nc2ccccc2c2[nH]n(-c3ccc(F)cc3F)c(=O)c12. The van der Waals surface area contributed by atoms with Gasteiger partial charge in [-0.2, -0.15) is 0 Å². The van der Waals surface area contributed by atoms with Crippen molar-refractivity contribution in [3.63, 3.8) is 0 Å². The number of hydrogen-bond acceptors (Lipinski definition) is 3. The maximum absolute atomic E-state index is 14.0. The number of aromatic nitrogens is 3. The van der Waals surface area contributed by atoms with Gasteiger partial charge in [0.15, 0.2) is 5.82 Å². The Morgan fingerprint density at radius 3 is 2.70 bits per heavy atom. The fourth-order valence-corrected chi connectivity index (χ4v) is 2.67. The Morgan fingerprint density at radius 1 is 1.13 bits per heavy atom. The van der Waals surface area contributed by atoms with Crippen molar-refractivity contribution in [1.82, 2.24) is 14.8 Å². The van der Waals surface area contributed by atoms with E-state index in [1.807, 2.05) is 0 Å². The Balaban J connectivity index is 2.14. The number of para-hydroxylation sites is 1. The van der Waals surface area contributed by atoms with E-state index in [2.05, 4.69) is 10.1 Å². The number of H-pyrrole nitrogens is 1. The topological polar surface area (TPSA) is 76.7 Å². The van der Waals surface area contributed by atoms with Crippen LogP contribution in [0.15, 0.2) is 47.3 Å². The van der Waals surface area contributed by atoms with Crippen molar-refractivity contribution < 1.29 is 8.78 Å². The number of anilines is 1. The van der Waals surface area contributed by atoms with Crippen LogP contribution in [-0.4, -0.2) is 14.8 Å². The first-order chi connectivity index (χ1) is 11.1. The Kier molecular flexibility index (Phi) is 2.71. The monoisotopic (exact) mass is 312 g/mol. The molecule has 0 fully saturated rings. The molecule has 5 nitrogen and oxygen atoms in total. The van der Waals surface area contributed by atoms with Crippen molar-refractivity contribution in [3.05, 3.63) is 64.5 Å². The summed E-state index contributed by atoms with van der Waals surface area (Å²) in [6.07, 6.45) is 0. The Hall–Kier alpha value is -3.22. The van der Waals surface area contributed by atoms with Crippen LogP contribution in [0.5, 0.6) is 0 Å². The van der Waals surface area contributed by atoms with Gasteiger partial charge >= 0.3 is 0 Å². The van der Waals surface area contributed by atoms with Gasteiger partial charge in [0.2, 0.25) is 0 Å². The molecule has 0 spiro atoms. The van der Waals surface area contributed by atoms with E-state index in [0.717, 1.165) is 10.7 Å². The van der Waals surface area contributed by atoms with Crippen molar-refractivity contribution in [2.75, 3.05) is 5.73 Å². The summed E-state index contributed by atoms with van der Waals surface area (Å²) < 4.78 is 28.1. The molecule has 0 bridgehead atoms. The summed E-state index contributed by atoms with van der Waals surface area (Å²) in [5.74, 6) is -1.52. The number of rotatable bonds is 1. The van der Waals surface area contributed by atoms with Gasteiger partial charge in [0, 0.05) is 11.5 Å². The summed E-state index contributed by atoms with van der Waals surface area (Å²) in [7, 11) is 0. The number of nitrogens with zero attached hydrogens (tertiary/aromatic N) is 2. The number of halogens is 2. The Bertz CT molecular complexity index is 1130. The highest BCUT2D eigenvalue weighted by Gasteiger charge is 2.17. The molecule has 0 aliphatic heterocycles. The third kappa shape index (κ3) is 1.90. The highest BCUT2D eigenvalue weighted by atomic mass is 19.1. The van der Waals surface area contributed by atoms with Crippen LogP contribution >= 0.6 is 0 Å². The zero-order chi connectivity index (χ0) is 16.1. The number of fused-ring (bicyclic) bond motifs is 3. The van der Waals surface area contributed by atoms with E-state index >= 15 is 0 Å². The molecule has 0 radical (unpaired) electrons. The second kappa shape index (κ2) is 4.64. The van der Waals surface area contributed by atoms with Gasteiger partial charge in [-0.3, -0.25) is 9.89 Å². The van der Waals surface area contributed by atoms with Gasteiger partial charge in [0.1, 0.15) is 22.7 Å². The van der Waals surface area contributed by atoms with E-state index in [-0.39, 0.29) is 16.9 Å². The first-order valence-electron chi connectivity index (χ1n) is 6.80. The predicted octanol–water partition coefficient (Wildman–Crippen LogP) is 2.73. The fourth-order valence-electron chi connectivity index (χ4n) is 2.67. The third-order valence-electron chi connectivity index (χ3n) is 3.71. The van der Waals surface area contributed by atoms with Gasteiger partial charge < -0.3 is 5.73 Å². The fraction of sp³-hybridized carbons (Fsp3) is 0. The number of aromatic amines is 1. The quantitative estimate of drug-likeness (QED) is 0.567. The highest BCUT2D eigenvalue weighted by Crippen LogP contribution is 2.25. The minimum Gasteiger partial charge on any atom is -0.383 e. The molecule has 2 aromatic heterocycles. The number of hydrogen-bond donors (Lipinski definition) is 2. The molecule has 23 heavy (non-hydrogen) atoms. The van der Waals surface area contributed by atoms with E-state index in [4.69, 9.17) is 5.73 Å². The molecule has 4 rings (SSSR count). The molecular formula is C16H10F2N4O. The van der Waals surface area contributed by atoms with Crippen LogP contribution in [0.3, 0.4) is 0 Å². The van der Waals surface area contributed by atoms with Crippen LogP contribution in [0.25, 0.3) is 27.5 Å². The molecule has 0 unspecified atom stereocenters. The van der Waals surface area contributed by atoms with Crippen LogP contribution in [0, 0.1) is 11.6 Å². The zero-order valence-corrected chi connectivity index (χ0v) is 11.7. The molecule has 0 aliphatic carbocycles. The maximum Gasteiger partial charge on any atom is 0.282 e. The Labute approximate surface area is 128 Å². The van der Waals surface area contributed by atoms with Crippen molar-refractivity contribution in [2.45, 2.75) is 0 Å². The molecule has 0 atom stereocenters. The summed E-state index contributed by atoms with van der Waals surface area (Å²) in [6.45, 7) is 0. The lowest BCUT2D eigenvalue weighted by Gasteiger charge is -2.03. The largest absolute Gasteiger partial charge is 0.383 e. The molecule has 0 aliphatic rings. The molecule has 7 heteroatoms. The lowest BCUT2D eigenvalue weighted by atomic mass is 10.1. The van der Waals surface area contributed by atoms with Crippen molar-refractivity contribution >= 4 is 27.6 Å². The standard InChI is InChI=1S/C16H10F2N4O/c17-8-5-6-12(10(18)7-8)22-16(23)13-14(21-22)9-3-1-2-4-11(9)20-15(13)19/h1-7,21H,(H2,19,20). The first kappa shape index (κ1) is 13.4.